The van der Waals surface area contributed by atoms with Gasteiger partial charge in [0.15, 0.2) is 0 Å². The van der Waals surface area contributed by atoms with Crippen LogP contribution in [0.1, 0.15) is 72.1 Å². The van der Waals surface area contributed by atoms with Gasteiger partial charge in [0.2, 0.25) is 0 Å². The van der Waals surface area contributed by atoms with Crippen molar-refractivity contribution in [2.75, 3.05) is 6.54 Å². The van der Waals surface area contributed by atoms with Crippen LogP contribution in [-0.2, 0) is 0 Å². The first-order chi connectivity index (χ1) is 10.8. The molecule has 2 unspecified atom stereocenters. The van der Waals surface area contributed by atoms with Gasteiger partial charge < -0.3 is 10.3 Å². The number of nitrogens with two attached hydrogens (primary N) is 1. The number of hydrogen-bond donors (Lipinski definition) is 2. The number of nitrogens with zero attached hydrogens (tertiary/aromatic N) is 1. The molecule has 1 rings (SSSR count). The van der Waals surface area contributed by atoms with Gasteiger partial charge in [-0.05, 0) is 18.8 Å². The van der Waals surface area contributed by atoms with Crippen LogP contribution < -0.4 is 11.2 Å². The maximum absolute atomic E-state index is 12.8. The zero-order chi connectivity index (χ0) is 17.5. The Hall–Kier alpha value is -0.910. The summed E-state index contributed by atoms with van der Waals surface area (Å²) in [6, 6.07) is 0. The fraction of sp³-hybridized carbons (Fsp3) is 0.882. The molecule has 6 heteroatoms. The standard InChI is InChI=1S/C17H32F3N3/c1-4-6-7-8-9-10-11-14(3)16(5-2)13-22-15(12-23(16)21)17(18,19)20/h12,14,22H,4-11,13,21H2,1-3H3. The topological polar surface area (TPSA) is 41.3 Å². The molecule has 136 valence electrons. The molecule has 1 heterocycles. The van der Waals surface area contributed by atoms with Crippen LogP contribution >= 0.6 is 0 Å². The van der Waals surface area contributed by atoms with Crippen LogP contribution in [0.2, 0.25) is 0 Å². The summed E-state index contributed by atoms with van der Waals surface area (Å²) in [5.41, 5.74) is -1.20. The number of halogens is 3. The first-order valence-corrected chi connectivity index (χ1v) is 8.84. The van der Waals surface area contributed by atoms with Crippen molar-refractivity contribution in [1.82, 2.24) is 10.3 Å². The van der Waals surface area contributed by atoms with E-state index in [1.54, 1.807) is 0 Å². The second-order valence-electron chi connectivity index (χ2n) is 6.72. The quantitative estimate of drug-likeness (QED) is 0.474. The van der Waals surface area contributed by atoms with E-state index in [-0.39, 0.29) is 12.5 Å². The molecule has 0 aliphatic carbocycles. The van der Waals surface area contributed by atoms with E-state index in [1.165, 1.54) is 37.1 Å². The summed E-state index contributed by atoms with van der Waals surface area (Å²) in [6.07, 6.45) is 5.66. The molecule has 3 N–H and O–H groups in total. The lowest BCUT2D eigenvalue weighted by Gasteiger charge is -2.48. The largest absolute Gasteiger partial charge is 0.432 e. The molecule has 2 atom stereocenters. The van der Waals surface area contributed by atoms with Gasteiger partial charge in [0.1, 0.15) is 5.70 Å². The Bertz CT molecular complexity index is 382. The van der Waals surface area contributed by atoms with Gasteiger partial charge in [0, 0.05) is 12.7 Å². The Labute approximate surface area is 138 Å². The lowest BCUT2D eigenvalue weighted by molar-refractivity contribution is -0.104. The molecule has 0 fully saturated rings. The van der Waals surface area contributed by atoms with E-state index in [2.05, 4.69) is 19.2 Å². The highest BCUT2D eigenvalue weighted by atomic mass is 19.4. The van der Waals surface area contributed by atoms with Crippen molar-refractivity contribution in [3.8, 4) is 0 Å². The number of unbranched alkanes of at least 4 members (excludes halogenated alkanes) is 5. The minimum atomic E-state index is -4.37. The monoisotopic (exact) mass is 335 g/mol. The number of allylic oxidation sites excluding steroid dienone is 1. The van der Waals surface area contributed by atoms with E-state index >= 15 is 0 Å². The molecule has 1 aliphatic heterocycles. The third kappa shape index (κ3) is 5.30. The fourth-order valence-corrected chi connectivity index (χ4v) is 3.41. The van der Waals surface area contributed by atoms with Crippen LogP contribution in [0.4, 0.5) is 13.2 Å². The smallest absolute Gasteiger partial charge is 0.377 e. The lowest BCUT2D eigenvalue weighted by atomic mass is 9.78. The van der Waals surface area contributed by atoms with Crippen LogP contribution in [0.3, 0.4) is 0 Å². The van der Waals surface area contributed by atoms with E-state index in [9.17, 15) is 13.2 Å². The van der Waals surface area contributed by atoms with Crippen molar-refractivity contribution in [2.24, 2.45) is 11.8 Å². The summed E-state index contributed by atoms with van der Waals surface area (Å²) in [5.74, 6) is 6.24. The molecule has 0 amide bonds. The van der Waals surface area contributed by atoms with E-state index in [0.717, 1.165) is 25.5 Å². The third-order valence-electron chi connectivity index (χ3n) is 5.19. The molecule has 0 bridgehead atoms. The number of rotatable bonds is 9. The maximum atomic E-state index is 12.8. The number of alkyl halides is 3. The average molecular weight is 335 g/mol. The van der Waals surface area contributed by atoms with E-state index in [1.807, 2.05) is 6.92 Å². The highest BCUT2D eigenvalue weighted by Crippen LogP contribution is 2.36. The van der Waals surface area contributed by atoms with E-state index in [4.69, 9.17) is 5.84 Å². The van der Waals surface area contributed by atoms with Gasteiger partial charge in [-0.25, -0.2) is 5.84 Å². The van der Waals surface area contributed by atoms with Crippen molar-refractivity contribution in [2.45, 2.75) is 83.9 Å². The van der Waals surface area contributed by atoms with Crippen LogP contribution in [0, 0.1) is 5.92 Å². The Balaban J connectivity index is 2.59. The zero-order valence-corrected chi connectivity index (χ0v) is 14.7. The molecule has 0 spiro atoms. The second-order valence-corrected chi connectivity index (χ2v) is 6.72. The molecular weight excluding hydrogens is 303 g/mol. The van der Waals surface area contributed by atoms with Gasteiger partial charge in [-0.1, -0.05) is 59.3 Å². The Morgan fingerprint density at radius 3 is 2.35 bits per heavy atom. The second kappa shape index (κ2) is 8.81. The van der Waals surface area contributed by atoms with Gasteiger partial charge in [0.25, 0.3) is 0 Å². The summed E-state index contributed by atoms with van der Waals surface area (Å²) in [4.78, 5) is 0. The minimum absolute atomic E-state index is 0.238. The minimum Gasteiger partial charge on any atom is -0.377 e. The van der Waals surface area contributed by atoms with Crippen molar-refractivity contribution in [3.63, 3.8) is 0 Å². The maximum Gasteiger partial charge on any atom is 0.432 e. The van der Waals surface area contributed by atoms with Crippen molar-refractivity contribution >= 4 is 0 Å². The predicted molar refractivity (Wildman–Crippen MR) is 88.3 cm³/mol. The van der Waals surface area contributed by atoms with Gasteiger partial charge in [-0.3, -0.25) is 0 Å². The molecule has 0 saturated heterocycles. The highest BCUT2D eigenvalue weighted by molar-refractivity contribution is 5.15. The summed E-state index contributed by atoms with van der Waals surface area (Å²) in [6.45, 7) is 6.53. The fourth-order valence-electron chi connectivity index (χ4n) is 3.41. The van der Waals surface area contributed by atoms with Crippen LogP contribution in [-0.4, -0.2) is 23.3 Å². The van der Waals surface area contributed by atoms with Crippen LogP contribution in [0.25, 0.3) is 0 Å². The molecule has 1 aliphatic rings. The van der Waals surface area contributed by atoms with Crippen molar-refractivity contribution in [3.05, 3.63) is 11.9 Å². The first-order valence-electron chi connectivity index (χ1n) is 8.84. The Morgan fingerprint density at radius 1 is 1.22 bits per heavy atom. The summed E-state index contributed by atoms with van der Waals surface area (Å²) in [5, 5.41) is 3.84. The molecule has 23 heavy (non-hydrogen) atoms. The summed E-state index contributed by atoms with van der Waals surface area (Å²) in [7, 11) is 0. The summed E-state index contributed by atoms with van der Waals surface area (Å²) < 4.78 is 38.4. The third-order valence-corrected chi connectivity index (χ3v) is 5.19. The average Bonchev–Trinajstić information content (AvgIpc) is 2.49. The van der Waals surface area contributed by atoms with Crippen LogP contribution in [0.15, 0.2) is 11.9 Å². The van der Waals surface area contributed by atoms with E-state index < -0.39 is 17.4 Å². The lowest BCUT2D eigenvalue weighted by Crippen LogP contribution is -2.62. The normalized spacial score (nSPS) is 23.4. The zero-order valence-electron chi connectivity index (χ0n) is 14.7. The Morgan fingerprint density at radius 2 is 1.83 bits per heavy atom. The molecule has 0 aromatic carbocycles. The number of nitrogens with one attached hydrogen (secondary N) is 1. The molecule has 3 nitrogen and oxygen atoms in total. The van der Waals surface area contributed by atoms with Crippen LogP contribution in [0.5, 0.6) is 0 Å². The summed E-state index contributed by atoms with van der Waals surface area (Å²) >= 11 is 0. The van der Waals surface area contributed by atoms with Gasteiger partial charge in [-0.2, -0.15) is 13.2 Å². The first kappa shape index (κ1) is 20.1. The van der Waals surface area contributed by atoms with Crippen molar-refractivity contribution in [1.29, 1.82) is 0 Å². The highest BCUT2D eigenvalue weighted by Gasteiger charge is 2.45. The van der Waals surface area contributed by atoms with Gasteiger partial charge >= 0.3 is 6.18 Å². The van der Waals surface area contributed by atoms with E-state index in [0.29, 0.717) is 0 Å². The Kier molecular flexibility index (Phi) is 7.71. The predicted octanol–water partition coefficient (Wildman–Crippen LogP) is 4.70. The molecule has 0 radical (unpaired) electrons. The molecule has 0 saturated carbocycles. The van der Waals surface area contributed by atoms with Crippen molar-refractivity contribution < 1.29 is 13.2 Å². The molecular formula is C17H32F3N3. The number of hydrazine groups is 1. The van der Waals surface area contributed by atoms with Gasteiger partial charge in [0.05, 0.1) is 5.54 Å². The molecule has 0 aromatic heterocycles. The SMILES string of the molecule is CCCCCCCCC(C)C1(CC)CNC(C(F)(F)F)=CN1N. The van der Waals surface area contributed by atoms with Gasteiger partial charge in [-0.15, -0.1) is 0 Å². The number of hydrogen-bond acceptors (Lipinski definition) is 3. The molecule has 0 aromatic rings.